The molecule has 2 N–H and O–H groups in total. The van der Waals surface area contributed by atoms with Gasteiger partial charge in [0.25, 0.3) is 5.91 Å². The van der Waals surface area contributed by atoms with Gasteiger partial charge in [-0.3, -0.25) is 9.59 Å². The van der Waals surface area contributed by atoms with E-state index in [2.05, 4.69) is 31.4 Å². The fraction of sp³-hybridized carbons (Fsp3) is 0.429. The molecule has 26 heavy (non-hydrogen) atoms. The fourth-order valence-corrected chi connectivity index (χ4v) is 2.57. The Kier molecular flexibility index (Phi) is 6.24. The van der Waals surface area contributed by atoms with Gasteiger partial charge in [0.15, 0.2) is 0 Å². The fourth-order valence-electron chi connectivity index (χ4n) is 2.57. The molecule has 0 saturated heterocycles. The number of furan rings is 1. The molecule has 0 bridgehead atoms. The van der Waals surface area contributed by atoms with E-state index in [4.69, 9.17) is 4.42 Å². The second kappa shape index (κ2) is 8.21. The topological polar surface area (TPSA) is 71.3 Å². The van der Waals surface area contributed by atoms with Crippen molar-refractivity contribution in [3.05, 3.63) is 59.5 Å². The summed E-state index contributed by atoms with van der Waals surface area (Å²) in [7, 11) is 0. The van der Waals surface area contributed by atoms with Gasteiger partial charge in [0.05, 0.1) is 12.5 Å². The maximum atomic E-state index is 12.6. The molecule has 0 aliphatic carbocycles. The second-order valence-corrected chi connectivity index (χ2v) is 7.87. The molecule has 5 nitrogen and oxygen atoms in total. The van der Waals surface area contributed by atoms with Crippen LogP contribution in [-0.4, -0.2) is 17.9 Å². The van der Waals surface area contributed by atoms with E-state index < -0.39 is 6.04 Å². The molecule has 1 aromatic carbocycles. The molecule has 5 heteroatoms. The van der Waals surface area contributed by atoms with Crippen LogP contribution in [0.25, 0.3) is 0 Å². The van der Waals surface area contributed by atoms with Crippen LogP contribution in [0.4, 0.5) is 0 Å². The van der Waals surface area contributed by atoms with E-state index in [1.54, 1.807) is 30.7 Å². The normalized spacial score (nSPS) is 12.7. The molecule has 0 fully saturated rings. The summed E-state index contributed by atoms with van der Waals surface area (Å²) in [4.78, 5) is 25.0. The van der Waals surface area contributed by atoms with Crippen molar-refractivity contribution in [1.82, 2.24) is 10.6 Å². The largest absolute Gasteiger partial charge is 0.472 e. The van der Waals surface area contributed by atoms with Gasteiger partial charge in [-0.2, -0.15) is 0 Å². The Morgan fingerprint density at radius 1 is 1.08 bits per heavy atom. The zero-order valence-corrected chi connectivity index (χ0v) is 16.1. The highest BCUT2D eigenvalue weighted by molar-refractivity contribution is 5.97. The minimum absolute atomic E-state index is 0.0302. The van der Waals surface area contributed by atoms with Gasteiger partial charge in [0.2, 0.25) is 5.91 Å². The Labute approximate surface area is 155 Å². The number of nitrogens with one attached hydrogen (secondary N) is 2. The third-order valence-corrected chi connectivity index (χ3v) is 4.30. The van der Waals surface area contributed by atoms with Crippen molar-refractivity contribution in [2.45, 2.75) is 52.6 Å². The molecule has 0 saturated carbocycles. The van der Waals surface area contributed by atoms with Crippen molar-refractivity contribution >= 4 is 11.8 Å². The molecule has 2 rings (SSSR count). The Morgan fingerprint density at radius 3 is 2.23 bits per heavy atom. The zero-order valence-electron chi connectivity index (χ0n) is 16.1. The van der Waals surface area contributed by atoms with Gasteiger partial charge in [-0.1, -0.05) is 46.8 Å². The lowest BCUT2D eigenvalue weighted by Gasteiger charge is -2.22. The first-order valence-electron chi connectivity index (χ1n) is 8.88. The first-order chi connectivity index (χ1) is 12.2. The standard InChI is InChI=1S/C21H28N2O3/c1-14(2)18(20(25)22-12-15-10-11-26-13-15)23-19(24)16-6-8-17(9-7-16)21(3,4)5/h6-11,13-14,18H,12H2,1-5H3,(H,22,25)(H,23,24). The van der Waals surface area contributed by atoms with Crippen LogP contribution < -0.4 is 10.6 Å². The van der Waals surface area contributed by atoms with E-state index >= 15 is 0 Å². The summed E-state index contributed by atoms with van der Waals surface area (Å²) in [6.45, 7) is 10.6. The maximum Gasteiger partial charge on any atom is 0.251 e. The average Bonchev–Trinajstić information content (AvgIpc) is 3.10. The van der Waals surface area contributed by atoms with Gasteiger partial charge in [-0.15, -0.1) is 0 Å². The summed E-state index contributed by atoms with van der Waals surface area (Å²) >= 11 is 0. The predicted octanol–water partition coefficient (Wildman–Crippen LogP) is 3.65. The maximum absolute atomic E-state index is 12.6. The zero-order chi connectivity index (χ0) is 19.3. The lowest BCUT2D eigenvalue weighted by molar-refractivity contribution is -0.124. The number of carbonyl (C=O) groups excluding carboxylic acids is 2. The van der Waals surface area contributed by atoms with Gasteiger partial charge in [-0.25, -0.2) is 0 Å². The lowest BCUT2D eigenvalue weighted by atomic mass is 9.86. The molecule has 1 unspecified atom stereocenters. The Bertz CT molecular complexity index is 726. The summed E-state index contributed by atoms with van der Waals surface area (Å²) in [6.07, 6.45) is 3.14. The van der Waals surface area contributed by atoms with Crippen molar-refractivity contribution in [2.24, 2.45) is 5.92 Å². The third kappa shape index (κ3) is 5.22. The van der Waals surface area contributed by atoms with Crippen LogP contribution in [0.1, 0.15) is 56.1 Å². The molecular weight excluding hydrogens is 328 g/mol. The number of carbonyl (C=O) groups is 2. The predicted molar refractivity (Wildman–Crippen MR) is 102 cm³/mol. The highest BCUT2D eigenvalue weighted by Gasteiger charge is 2.24. The number of benzene rings is 1. The van der Waals surface area contributed by atoms with Crippen LogP contribution in [0.3, 0.4) is 0 Å². The van der Waals surface area contributed by atoms with Crippen molar-refractivity contribution < 1.29 is 14.0 Å². The minimum atomic E-state index is -0.600. The number of hydrogen-bond donors (Lipinski definition) is 2. The quantitative estimate of drug-likeness (QED) is 0.830. The third-order valence-electron chi connectivity index (χ3n) is 4.30. The Hall–Kier alpha value is -2.56. The van der Waals surface area contributed by atoms with Crippen LogP contribution in [0.15, 0.2) is 47.3 Å². The molecular formula is C21H28N2O3. The van der Waals surface area contributed by atoms with E-state index in [-0.39, 0.29) is 23.1 Å². The molecule has 2 aromatic rings. The van der Waals surface area contributed by atoms with Gasteiger partial charge in [0.1, 0.15) is 6.04 Å². The molecule has 0 spiro atoms. The molecule has 140 valence electrons. The minimum Gasteiger partial charge on any atom is -0.472 e. The smallest absolute Gasteiger partial charge is 0.251 e. The molecule has 1 aromatic heterocycles. The highest BCUT2D eigenvalue weighted by Crippen LogP contribution is 2.22. The Morgan fingerprint density at radius 2 is 1.73 bits per heavy atom. The van der Waals surface area contributed by atoms with Crippen LogP contribution in [-0.2, 0) is 16.8 Å². The number of amides is 2. The monoisotopic (exact) mass is 356 g/mol. The first kappa shape index (κ1) is 19.8. The van der Waals surface area contributed by atoms with Gasteiger partial charge >= 0.3 is 0 Å². The van der Waals surface area contributed by atoms with Crippen molar-refractivity contribution in [1.29, 1.82) is 0 Å². The summed E-state index contributed by atoms with van der Waals surface area (Å²) in [5.74, 6) is -0.486. The second-order valence-electron chi connectivity index (χ2n) is 7.87. The SMILES string of the molecule is CC(C)C(NC(=O)c1ccc(C(C)(C)C)cc1)C(=O)NCc1ccoc1. The van der Waals surface area contributed by atoms with E-state index in [1.807, 2.05) is 26.0 Å². The molecule has 1 atom stereocenters. The number of hydrogen-bond acceptors (Lipinski definition) is 3. The van der Waals surface area contributed by atoms with Crippen LogP contribution in [0, 0.1) is 5.92 Å². The number of rotatable bonds is 6. The van der Waals surface area contributed by atoms with Crippen LogP contribution in [0.2, 0.25) is 0 Å². The van der Waals surface area contributed by atoms with Gasteiger partial charge in [-0.05, 0) is 35.1 Å². The molecule has 1 heterocycles. The van der Waals surface area contributed by atoms with Crippen LogP contribution >= 0.6 is 0 Å². The van der Waals surface area contributed by atoms with Crippen molar-refractivity contribution in [3.63, 3.8) is 0 Å². The summed E-state index contributed by atoms with van der Waals surface area (Å²) < 4.78 is 4.99. The molecule has 0 aliphatic heterocycles. The van der Waals surface area contributed by atoms with Gasteiger partial charge in [0, 0.05) is 17.7 Å². The summed E-state index contributed by atoms with van der Waals surface area (Å²) in [5.41, 5.74) is 2.62. The molecule has 0 radical (unpaired) electrons. The van der Waals surface area contributed by atoms with Crippen molar-refractivity contribution in [2.75, 3.05) is 0 Å². The van der Waals surface area contributed by atoms with E-state index in [0.717, 1.165) is 11.1 Å². The van der Waals surface area contributed by atoms with E-state index in [1.165, 1.54) is 0 Å². The average molecular weight is 356 g/mol. The van der Waals surface area contributed by atoms with Crippen molar-refractivity contribution in [3.8, 4) is 0 Å². The first-order valence-corrected chi connectivity index (χ1v) is 8.88. The summed E-state index contributed by atoms with van der Waals surface area (Å²) in [5, 5.41) is 5.69. The summed E-state index contributed by atoms with van der Waals surface area (Å²) in [6, 6.07) is 8.71. The Balaban J connectivity index is 2.01. The van der Waals surface area contributed by atoms with Crippen LogP contribution in [0.5, 0.6) is 0 Å². The van der Waals surface area contributed by atoms with Gasteiger partial charge < -0.3 is 15.1 Å². The van der Waals surface area contributed by atoms with E-state index in [0.29, 0.717) is 12.1 Å². The van der Waals surface area contributed by atoms with E-state index in [9.17, 15) is 9.59 Å². The highest BCUT2D eigenvalue weighted by atomic mass is 16.3. The lowest BCUT2D eigenvalue weighted by Crippen LogP contribution is -2.49. The molecule has 0 aliphatic rings. The molecule has 2 amide bonds.